The van der Waals surface area contributed by atoms with Crippen molar-refractivity contribution < 1.29 is 40.2 Å². The predicted octanol–water partition coefficient (Wildman–Crippen LogP) is 7.54. The first-order valence-electron chi connectivity index (χ1n) is 13.7. The number of rotatable bonds is 8. The van der Waals surface area contributed by atoms with E-state index in [4.69, 9.17) is 4.42 Å². The third-order valence-corrected chi connectivity index (χ3v) is 8.21. The maximum atomic E-state index is 15.1. The molecule has 0 amide bonds. The lowest BCUT2D eigenvalue weighted by Gasteiger charge is -2.15. The summed E-state index contributed by atoms with van der Waals surface area (Å²) in [5.74, 6) is -0.150. The van der Waals surface area contributed by atoms with Gasteiger partial charge in [-0.2, -0.15) is 0 Å². The smallest absolute Gasteiger partial charge is 0.440 e. The fraction of sp³-hybridized carbons (Fsp3) is 0.250. The monoisotopic (exact) mass is 643 g/mol. The number of nitrogens with zero attached hydrogens (tertiary/aromatic N) is 3. The highest BCUT2D eigenvalue weighted by Crippen LogP contribution is 2.41. The molecule has 0 aliphatic carbocycles. The van der Waals surface area contributed by atoms with Crippen LogP contribution in [0.2, 0.25) is 0 Å². The van der Waals surface area contributed by atoms with Crippen LogP contribution in [0, 0.1) is 19.7 Å². The molecule has 0 aliphatic rings. The summed E-state index contributed by atoms with van der Waals surface area (Å²) in [6.07, 6.45) is -2.11. The standard InChI is InChI=1S/C32H29F4N3O5S/c1-17(2)31-38-29(20-6-9-23(10-7-20)44-32(34,35)36)30(43-31)24-12-21(8-11-27(24)39-15-18(3)37-19(39)4)22-13-26(33)25(16-40)28(14-22)45(5,41)42/h6-15,17,40H,16H2,1-5H3. The molecule has 2 heterocycles. The number of ether oxygens (including phenoxy) is 1. The average Bonchev–Trinajstić information content (AvgIpc) is 3.54. The highest BCUT2D eigenvalue weighted by Gasteiger charge is 2.31. The molecule has 5 rings (SSSR count). The molecule has 236 valence electrons. The number of oxazole rings is 1. The molecule has 0 bridgehead atoms. The Kier molecular flexibility index (Phi) is 8.36. The Bertz CT molecular complexity index is 2000. The van der Waals surface area contributed by atoms with E-state index >= 15 is 4.39 Å². The molecule has 45 heavy (non-hydrogen) atoms. The molecule has 2 aromatic heterocycles. The van der Waals surface area contributed by atoms with E-state index in [1.165, 1.54) is 30.3 Å². The minimum Gasteiger partial charge on any atom is -0.440 e. The van der Waals surface area contributed by atoms with Gasteiger partial charge in [0.1, 0.15) is 23.1 Å². The first kappa shape index (κ1) is 31.9. The molecule has 0 fully saturated rings. The van der Waals surface area contributed by atoms with Crippen LogP contribution in [0.5, 0.6) is 5.75 Å². The largest absolute Gasteiger partial charge is 0.573 e. The number of sulfone groups is 1. The van der Waals surface area contributed by atoms with Crippen LogP contribution in [0.25, 0.3) is 39.4 Å². The van der Waals surface area contributed by atoms with Crippen molar-refractivity contribution in [3.63, 3.8) is 0 Å². The first-order valence-corrected chi connectivity index (χ1v) is 15.6. The van der Waals surface area contributed by atoms with E-state index < -0.39 is 34.4 Å². The second kappa shape index (κ2) is 11.8. The van der Waals surface area contributed by atoms with E-state index in [0.29, 0.717) is 39.8 Å². The predicted molar refractivity (Wildman–Crippen MR) is 159 cm³/mol. The topological polar surface area (TPSA) is 107 Å². The van der Waals surface area contributed by atoms with E-state index in [0.717, 1.165) is 18.0 Å². The van der Waals surface area contributed by atoms with Crippen molar-refractivity contribution in [3.05, 3.63) is 89.6 Å². The SMILES string of the molecule is Cc1cn(-c2ccc(-c3cc(F)c(CO)c(S(C)(=O)=O)c3)cc2-c2oc(C(C)C)nc2-c2ccc(OC(F)(F)F)cc2)c(C)n1. The van der Waals surface area contributed by atoms with Crippen LogP contribution in [0.15, 0.2) is 70.1 Å². The van der Waals surface area contributed by atoms with Crippen molar-refractivity contribution in [3.8, 4) is 45.1 Å². The normalized spacial score (nSPS) is 12.2. The lowest BCUT2D eigenvalue weighted by molar-refractivity contribution is -0.274. The maximum absolute atomic E-state index is 15.1. The summed E-state index contributed by atoms with van der Waals surface area (Å²) in [6.45, 7) is 6.59. The molecule has 1 N–H and O–H groups in total. The quantitative estimate of drug-likeness (QED) is 0.174. The van der Waals surface area contributed by atoms with E-state index in [1.807, 2.05) is 38.5 Å². The second-order valence-corrected chi connectivity index (χ2v) is 12.8. The van der Waals surface area contributed by atoms with Gasteiger partial charge in [0.05, 0.1) is 22.9 Å². The number of hydrogen-bond acceptors (Lipinski definition) is 7. The number of alkyl halides is 3. The molecule has 0 unspecified atom stereocenters. The molecule has 0 atom stereocenters. The molecule has 13 heteroatoms. The minimum atomic E-state index is -4.85. The molecule has 0 saturated heterocycles. The Morgan fingerprint density at radius 2 is 1.64 bits per heavy atom. The van der Waals surface area contributed by atoms with E-state index in [9.17, 15) is 26.7 Å². The van der Waals surface area contributed by atoms with Crippen molar-refractivity contribution >= 4 is 9.84 Å². The molecule has 0 aliphatic heterocycles. The third-order valence-electron chi connectivity index (χ3n) is 7.05. The number of aliphatic hydroxyl groups excluding tert-OH is 1. The fourth-order valence-corrected chi connectivity index (χ4v) is 5.96. The molecule has 5 aromatic rings. The summed E-state index contributed by atoms with van der Waals surface area (Å²) in [5, 5.41) is 9.67. The molecule has 0 spiro atoms. The van der Waals surface area contributed by atoms with Gasteiger partial charge >= 0.3 is 6.36 Å². The van der Waals surface area contributed by atoms with Crippen molar-refractivity contribution in [1.82, 2.24) is 14.5 Å². The van der Waals surface area contributed by atoms with Crippen LogP contribution in [-0.4, -0.2) is 40.7 Å². The third kappa shape index (κ3) is 6.64. The Morgan fingerprint density at radius 3 is 2.20 bits per heavy atom. The molecule has 0 saturated carbocycles. The molecular weight excluding hydrogens is 614 g/mol. The van der Waals surface area contributed by atoms with Gasteiger partial charge in [-0.3, -0.25) is 0 Å². The summed E-state index contributed by atoms with van der Waals surface area (Å²) in [5.41, 5.74) is 2.94. The van der Waals surface area contributed by atoms with Gasteiger partial charge in [0, 0.05) is 35.1 Å². The lowest BCUT2D eigenvalue weighted by atomic mass is 9.97. The maximum Gasteiger partial charge on any atom is 0.573 e. The highest BCUT2D eigenvalue weighted by molar-refractivity contribution is 7.90. The van der Waals surface area contributed by atoms with Gasteiger partial charge < -0.3 is 18.8 Å². The summed E-state index contributed by atoms with van der Waals surface area (Å²) in [6, 6.07) is 12.8. The van der Waals surface area contributed by atoms with Gasteiger partial charge in [-0.15, -0.1) is 13.2 Å². The van der Waals surface area contributed by atoms with Crippen LogP contribution in [0.1, 0.15) is 42.7 Å². The number of hydrogen-bond donors (Lipinski definition) is 1. The van der Waals surface area contributed by atoms with Crippen LogP contribution in [-0.2, 0) is 16.4 Å². The number of aliphatic hydroxyl groups is 1. The van der Waals surface area contributed by atoms with Crippen molar-refractivity contribution in [2.45, 2.75) is 51.5 Å². The molecule has 0 radical (unpaired) electrons. The summed E-state index contributed by atoms with van der Waals surface area (Å²) < 4.78 is 90.7. The van der Waals surface area contributed by atoms with Crippen molar-refractivity contribution in [2.75, 3.05) is 6.26 Å². The zero-order chi connectivity index (χ0) is 32.8. The van der Waals surface area contributed by atoms with Gasteiger partial charge in [-0.25, -0.2) is 22.8 Å². The number of imidazole rings is 1. The van der Waals surface area contributed by atoms with Gasteiger partial charge in [0.15, 0.2) is 21.5 Å². The highest BCUT2D eigenvalue weighted by atomic mass is 32.2. The number of aryl methyl sites for hydroxylation is 2. The van der Waals surface area contributed by atoms with Crippen LogP contribution in [0.3, 0.4) is 0 Å². The second-order valence-electron chi connectivity index (χ2n) is 10.9. The van der Waals surface area contributed by atoms with Gasteiger partial charge in [0.25, 0.3) is 0 Å². The summed E-state index contributed by atoms with van der Waals surface area (Å²) in [7, 11) is -3.90. The Balaban J connectivity index is 1.77. The lowest BCUT2D eigenvalue weighted by Crippen LogP contribution is -2.16. The van der Waals surface area contributed by atoms with Gasteiger partial charge in [0.2, 0.25) is 0 Å². The van der Waals surface area contributed by atoms with Gasteiger partial charge in [-0.1, -0.05) is 19.9 Å². The van der Waals surface area contributed by atoms with Crippen molar-refractivity contribution in [2.24, 2.45) is 0 Å². The molecule has 3 aromatic carbocycles. The van der Waals surface area contributed by atoms with E-state index in [1.54, 1.807) is 18.2 Å². The Hall–Kier alpha value is -4.49. The average molecular weight is 644 g/mol. The van der Waals surface area contributed by atoms with Crippen LogP contribution in [0.4, 0.5) is 17.6 Å². The van der Waals surface area contributed by atoms with E-state index in [2.05, 4.69) is 14.7 Å². The number of halogens is 4. The van der Waals surface area contributed by atoms with Crippen LogP contribution >= 0.6 is 0 Å². The summed E-state index contributed by atoms with van der Waals surface area (Å²) in [4.78, 5) is 8.85. The number of aromatic nitrogens is 3. The van der Waals surface area contributed by atoms with E-state index in [-0.39, 0.29) is 27.7 Å². The van der Waals surface area contributed by atoms with Gasteiger partial charge in [-0.05, 0) is 73.5 Å². The minimum absolute atomic E-state index is 0.161. The summed E-state index contributed by atoms with van der Waals surface area (Å²) >= 11 is 0. The van der Waals surface area contributed by atoms with Crippen molar-refractivity contribution in [1.29, 1.82) is 0 Å². The Labute approximate surface area is 256 Å². The molecule has 8 nitrogen and oxygen atoms in total. The zero-order valence-electron chi connectivity index (χ0n) is 24.9. The zero-order valence-corrected chi connectivity index (χ0v) is 25.7. The Morgan fingerprint density at radius 1 is 0.978 bits per heavy atom. The number of benzene rings is 3. The molecular formula is C32H29F4N3O5S. The first-order chi connectivity index (χ1) is 21.1. The fourth-order valence-electron chi connectivity index (χ4n) is 5.01. The van der Waals surface area contributed by atoms with Crippen LogP contribution < -0.4 is 4.74 Å².